The number of hydrogen-bond acceptors (Lipinski definition) is 6. The molecule has 2 rings (SSSR count). The summed E-state index contributed by atoms with van der Waals surface area (Å²) in [6, 6.07) is 10.1. The highest BCUT2D eigenvalue weighted by Crippen LogP contribution is 2.36. The topological polar surface area (TPSA) is 82.9 Å². The maximum Gasteiger partial charge on any atom is 0.269 e. The van der Waals surface area contributed by atoms with Crippen molar-refractivity contribution in [2.75, 3.05) is 27.4 Å². The Morgan fingerprint density at radius 3 is 2.52 bits per heavy atom. The van der Waals surface area contributed by atoms with Crippen LogP contribution in [-0.2, 0) is 17.9 Å². The molecule has 2 aromatic rings. The first kappa shape index (κ1) is 21.1. The molecule has 0 fully saturated rings. The second-order valence-electron chi connectivity index (χ2n) is 5.79. The van der Waals surface area contributed by atoms with Crippen molar-refractivity contribution in [2.45, 2.75) is 19.6 Å². The molecular weight excluding hydrogens is 416 g/mol. The van der Waals surface area contributed by atoms with Gasteiger partial charge in [0.05, 0.1) is 12.0 Å². The Balaban J connectivity index is 2.10. The Labute approximate surface area is 166 Å². The van der Waals surface area contributed by atoms with Crippen molar-refractivity contribution in [1.82, 2.24) is 5.32 Å². The van der Waals surface area contributed by atoms with Gasteiger partial charge in [0, 0.05) is 42.4 Å². The number of benzene rings is 2. The lowest BCUT2D eigenvalue weighted by molar-refractivity contribution is -0.384. The first-order valence-electron chi connectivity index (χ1n) is 8.48. The summed E-state index contributed by atoms with van der Waals surface area (Å²) in [7, 11) is 3.28. The van der Waals surface area contributed by atoms with Gasteiger partial charge in [-0.05, 0) is 42.8 Å². The van der Waals surface area contributed by atoms with Gasteiger partial charge in [-0.1, -0.05) is 15.9 Å². The number of methoxy groups -OCH3 is 2. The molecule has 7 nitrogen and oxygen atoms in total. The van der Waals surface area contributed by atoms with E-state index in [9.17, 15) is 10.1 Å². The minimum Gasteiger partial charge on any atom is -0.493 e. The number of ether oxygens (including phenoxy) is 3. The van der Waals surface area contributed by atoms with E-state index in [0.717, 1.165) is 28.6 Å². The summed E-state index contributed by atoms with van der Waals surface area (Å²) in [6.07, 6.45) is 0.914. The summed E-state index contributed by atoms with van der Waals surface area (Å²) < 4.78 is 17.4. The van der Waals surface area contributed by atoms with Crippen molar-refractivity contribution in [2.24, 2.45) is 0 Å². The van der Waals surface area contributed by atoms with Gasteiger partial charge in [0.2, 0.25) is 0 Å². The highest BCUT2D eigenvalue weighted by molar-refractivity contribution is 9.10. The second kappa shape index (κ2) is 10.9. The quantitative estimate of drug-likeness (QED) is 0.323. The van der Waals surface area contributed by atoms with Crippen LogP contribution >= 0.6 is 15.9 Å². The maximum absolute atomic E-state index is 10.8. The highest BCUT2D eigenvalue weighted by atomic mass is 79.9. The molecule has 0 saturated carbocycles. The van der Waals surface area contributed by atoms with Crippen molar-refractivity contribution >= 4 is 21.6 Å². The standard InChI is InChI=1S/C19H23BrN2O5/c1-25-11-3-10-21-12-16-17(20)8-9-18(26-2)19(16)27-13-14-4-6-15(7-5-14)22(23)24/h4-9,21H,3,10-13H2,1-2H3. The molecule has 2 aromatic carbocycles. The zero-order chi connectivity index (χ0) is 19.6. The largest absolute Gasteiger partial charge is 0.493 e. The summed E-state index contributed by atoms with van der Waals surface area (Å²) >= 11 is 3.57. The third-order valence-electron chi connectivity index (χ3n) is 3.92. The molecule has 0 saturated heterocycles. The average Bonchev–Trinajstić information content (AvgIpc) is 2.67. The Morgan fingerprint density at radius 2 is 1.89 bits per heavy atom. The van der Waals surface area contributed by atoms with E-state index >= 15 is 0 Å². The van der Waals surface area contributed by atoms with E-state index in [1.807, 2.05) is 12.1 Å². The minimum absolute atomic E-state index is 0.0553. The summed E-state index contributed by atoms with van der Waals surface area (Å²) in [5.74, 6) is 1.28. The molecule has 0 aliphatic carbocycles. The lowest BCUT2D eigenvalue weighted by atomic mass is 10.1. The van der Waals surface area contributed by atoms with Crippen LogP contribution in [-0.4, -0.2) is 32.3 Å². The van der Waals surface area contributed by atoms with Crippen molar-refractivity contribution < 1.29 is 19.1 Å². The number of rotatable bonds is 11. The first-order valence-corrected chi connectivity index (χ1v) is 9.27. The van der Waals surface area contributed by atoms with E-state index < -0.39 is 4.92 Å². The van der Waals surface area contributed by atoms with E-state index in [1.54, 1.807) is 26.4 Å². The minimum atomic E-state index is -0.421. The lowest BCUT2D eigenvalue weighted by Crippen LogP contribution is -2.17. The van der Waals surface area contributed by atoms with Crippen LogP contribution in [0.25, 0.3) is 0 Å². The Bertz CT molecular complexity index is 753. The number of non-ortho nitro benzene ring substituents is 1. The maximum atomic E-state index is 10.8. The number of nitrogens with one attached hydrogen (secondary N) is 1. The van der Waals surface area contributed by atoms with Crippen LogP contribution in [0.4, 0.5) is 5.69 Å². The molecule has 0 spiro atoms. The van der Waals surface area contributed by atoms with Crippen LogP contribution in [0.5, 0.6) is 11.5 Å². The van der Waals surface area contributed by atoms with Gasteiger partial charge in [-0.15, -0.1) is 0 Å². The Hall–Kier alpha value is -2.16. The molecule has 0 aliphatic heterocycles. The molecule has 0 bridgehead atoms. The van der Waals surface area contributed by atoms with Crippen LogP contribution in [0.3, 0.4) is 0 Å². The van der Waals surface area contributed by atoms with Crippen molar-refractivity contribution in [3.05, 3.63) is 62.1 Å². The fraction of sp³-hybridized carbons (Fsp3) is 0.368. The molecular formula is C19H23BrN2O5. The SMILES string of the molecule is COCCCNCc1c(Br)ccc(OC)c1OCc1ccc([N+](=O)[O-])cc1. The molecule has 27 heavy (non-hydrogen) atoms. The van der Waals surface area contributed by atoms with E-state index in [0.29, 0.717) is 24.7 Å². The predicted molar refractivity (Wildman–Crippen MR) is 106 cm³/mol. The zero-order valence-corrected chi connectivity index (χ0v) is 17.0. The fourth-order valence-electron chi connectivity index (χ4n) is 2.49. The monoisotopic (exact) mass is 438 g/mol. The Kier molecular flexibility index (Phi) is 8.50. The third kappa shape index (κ3) is 6.20. The van der Waals surface area contributed by atoms with Crippen molar-refractivity contribution in [3.8, 4) is 11.5 Å². The molecule has 0 radical (unpaired) electrons. The molecule has 1 N–H and O–H groups in total. The Morgan fingerprint density at radius 1 is 1.15 bits per heavy atom. The molecule has 0 aliphatic rings. The summed E-state index contributed by atoms with van der Waals surface area (Å²) in [6.45, 7) is 2.41. The zero-order valence-electron chi connectivity index (χ0n) is 15.4. The van der Waals surface area contributed by atoms with Crippen molar-refractivity contribution in [1.29, 1.82) is 0 Å². The number of halogens is 1. The summed E-state index contributed by atoms with van der Waals surface area (Å²) in [5, 5.41) is 14.1. The van der Waals surface area contributed by atoms with Gasteiger partial charge in [0.15, 0.2) is 11.5 Å². The van der Waals surface area contributed by atoms with Gasteiger partial charge in [-0.25, -0.2) is 0 Å². The molecule has 0 heterocycles. The molecule has 0 aromatic heterocycles. The van der Waals surface area contributed by atoms with Gasteiger partial charge in [0.1, 0.15) is 6.61 Å². The van der Waals surface area contributed by atoms with Crippen LogP contribution < -0.4 is 14.8 Å². The molecule has 8 heteroatoms. The predicted octanol–water partition coefficient (Wildman–Crippen LogP) is 4.07. The molecule has 0 unspecified atom stereocenters. The smallest absolute Gasteiger partial charge is 0.269 e. The van der Waals surface area contributed by atoms with Crippen LogP contribution in [0, 0.1) is 10.1 Å². The number of nitrogens with zero attached hydrogens (tertiary/aromatic N) is 1. The average molecular weight is 439 g/mol. The van der Waals surface area contributed by atoms with Crippen molar-refractivity contribution in [3.63, 3.8) is 0 Å². The molecule has 146 valence electrons. The first-order chi connectivity index (χ1) is 13.1. The number of nitro groups is 1. The number of nitro benzene ring substituents is 1. The lowest BCUT2D eigenvalue weighted by Gasteiger charge is -2.17. The van der Waals surface area contributed by atoms with Crippen LogP contribution in [0.15, 0.2) is 40.9 Å². The normalized spacial score (nSPS) is 10.6. The van der Waals surface area contributed by atoms with Crippen LogP contribution in [0.2, 0.25) is 0 Å². The van der Waals surface area contributed by atoms with E-state index in [-0.39, 0.29) is 12.3 Å². The second-order valence-corrected chi connectivity index (χ2v) is 6.65. The number of hydrogen-bond donors (Lipinski definition) is 1. The fourth-order valence-corrected chi connectivity index (χ4v) is 2.94. The van der Waals surface area contributed by atoms with E-state index in [2.05, 4.69) is 21.2 Å². The molecule has 0 atom stereocenters. The van der Waals surface area contributed by atoms with E-state index in [4.69, 9.17) is 14.2 Å². The van der Waals surface area contributed by atoms with Gasteiger partial charge in [0.25, 0.3) is 5.69 Å². The molecule has 0 amide bonds. The van der Waals surface area contributed by atoms with Gasteiger partial charge in [-0.2, -0.15) is 0 Å². The highest BCUT2D eigenvalue weighted by Gasteiger charge is 2.15. The van der Waals surface area contributed by atoms with Gasteiger partial charge < -0.3 is 19.5 Å². The van der Waals surface area contributed by atoms with Gasteiger partial charge >= 0.3 is 0 Å². The third-order valence-corrected chi connectivity index (χ3v) is 4.66. The summed E-state index contributed by atoms with van der Waals surface area (Å²) in [5.41, 5.74) is 1.84. The van der Waals surface area contributed by atoms with Gasteiger partial charge in [-0.3, -0.25) is 10.1 Å². The summed E-state index contributed by atoms with van der Waals surface area (Å²) in [4.78, 5) is 10.3. The van der Waals surface area contributed by atoms with Crippen LogP contribution in [0.1, 0.15) is 17.5 Å². The van der Waals surface area contributed by atoms with E-state index in [1.165, 1.54) is 12.1 Å².